The smallest absolute Gasteiger partial charge is 0.228 e. The van der Waals surface area contributed by atoms with Gasteiger partial charge in [0.05, 0.1) is 0 Å². The molecule has 1 fully saturated rings. The van der Waals surface area contributed by atoms with Crippen molar-refractivity contribution in [2.24, 2.45) is 5.41 Å². The lowest BCUT2D eigenvalue weighted by Crippen LogP contribution is -2.51. The summed E-state index contributed by atoms with van der Waals surface area (Å²) in [5, 5.41) is 0.464. The molecule has 0 spiro atoms. The fraction of sp³-hybridized carbons (Fsp3) is 0.588. The second kappa shape index (κ2) is 6.97. The molecule has 0 aromatic heterocycles. The Labute approximate surface area is 137 Å². The van der Waals surface area contributed by atoms with Crippen LogP contribution in [-0.4, -0.2) is 41.9 Å². The molecule has 3 nitrogen and oxygen atoms in total. The van der Waals surface area contributed by atoms with E-state index in [1.54, 1.807) is 6.07 Å². The highest BCUT2D eigenvalue weighted by atomic mass is 35.5. The summed E-state index contributed by atoms with van der Waals surface area (Å²) >= 11 is 6.08. The van der Waals surface area contributed by atoms with Gasteiger partial charge in [0.15, 0.2) is 0 Å². The van der Waals surface area contributed by atoms with Gasteiger partial charge in [0.25, 0.3) is 0 Å². The first-order chi connectivity index (χ1) is 10.3. The lowest BCUT2D eigenvalue weighted by Gasteiger charge is -2.38. The zero-order valence-electron chi connectivity index (χ0n) is 13.5. The Bertz CT molecular complexity index is 539. The van der Waals surface area contributed by atoms with E-state index < -0.39 is 0 Å². The monoisotopic (exact) mass is 326 g/mol. The van der Waals surface area contributed by atoms with Crippen LogP contribution in [-0.2, 0) is 11.3 Å². The molecule has 0 radical (unpaired) electrons. The molecule has 0 aliphatic carbocycles. The molecule has 1 aromatic rings. The lowest BCUT2D eigenvalue weighted by atomic mass is 9.88. The normalized spacial score (nSPS) is 16.9. The lowest BCUT2D eigenvalue weighted by molar-refractivity contribution is -0.142. The minimum atomic E-state index is -0.314. The third-order valence-corrected chi connectivity index (χ3v) is 4.88. The Morgan fingerprint density at radius 2 is 1.91 bits per heavy atom. The van der Waals surface area contributed by atoms with Gasteiger partial charge in [-0.1, -0.05) is 38.4 Å². The van der Waals surface area contributed by atoms with E-state index in [-0.39, 0.29) is 17.1 Å². The number of amides is 1. The minimum absolute atomic E-state index is 0.231. The Balaban J connectivity index is 1.91. The largest absolute Gasteiger partial charge is 0.340 e. The van der Waals surface area contributed by atoms with Crippen molar-refractivity contribution in [3.63, 3.8) is 0 Å². The van der Waals surface area contributed by atoms with Crippen molar-refractivity contribution in [2.45, 2.75) is 33.7 Å². The van der Waals surface area contributed by atoms with Crippen molar-refractivity contribution in [2.75, 3.05) is 26.2 Å². The minimum Gasteiger partial charge on any atom is -0.340 e. The molecule has 0 bridgehead atoms. The quantitative estimate of drug-likeness (QED) is 0.844. The highest BCUT2D eigenvalue weighted by Crippen LogP contribution is 2.24. The van der Waals surface area contributed by atoms with Gasteiger partial charge in [-0.05, 0) is 24.1 Å². The topological polar surface area (TPSA) is 23.6 Å². The van der Waals surface area contributed by atoms with E-state index in [4.69, 9.17) is 11.6 Å². The van der Waals surface area contributed by atoms with E-state index >= 15 is 0 Å². The van der Waals surface area contributed by atoms with Crippen LogP contribution in [0.5, 0.6) is 0 Å². The Hall–Kier alpha value is -1.13. The number of carbonyl (C=O) groups is 1. The molecule has 22 heavy (non-hydrogen) atoms. The number of piperazine rings is 1. The summed E-state index contributed by atoms with van der Waals surface area (Å²) in [5.41, 5.74) is 0.638. The summed E-state index contributed by atoms with van der Waals surface area (Å²) in [6.07, 6.45) is 0.844. The molecular formula is C17H24ClFN2O. The second-order valence-corrected chi connectivity index (χ2v) is 6.95. The average molecular weight is 327 g/mol. The molecule has 2 rings (SSSR count). The standard InChI is InChI=1S/C17H24ClFN2O/c1-4-17(2,3)16(22)21-9-7-20(8-10-21)12-13-5-6-14(19)11-15(13)18/h5-6,11H,4,7-10,12H2,1-3H3. The molecule has 0 atom stereocenters. The van der Waals surface area contributed by atoms with Crippen LogP contribution in [0, 0.1) is 11.2 Å². The summed E-state index contributed by atoms with van der Waals surface area (Å²) in [6, 6.07) is 4.51. The molecule has 0 unspecified atom stereocenters. The fourth-order valence-corrected chi connectivity index (χ4v) is 2.81. The molecule has 5 heteroatoms. The molecule has 1 heterocycles. The van der Waals surface area contributed by atoms with Crippen LogP contribution in [0.3, 0.4) is 0 Å². The third kappa shape index (κ3) is 3.99. The predicted octanol–water partition coefficient (Wildman–Crippen LogP) is 3.56. The van der Waals surface area contributed by atoms with Gasteiger partial charge < -0.3 is 4.90 Å². The van der Waals surface area contributed by atoms with Gasteiger partial charge >= 0.3 is 0 Å². The Morgan fingerprint density at radius 1 is 1.27 bits per heavy atom. The van der Waals surface area contributed by atoms with Gasteiger partial charge in [0.1, 0.15) is 5.82 Å². The third-order valence-electron chi connectivity index (χ3n) is 4.53. The number of benzene rings is 1. The highest BCUT2D eigenvalue weighted by molar-refractivity contribution is 6.31. The highest BCUT2D eigenvalue weighted by Gasteiger charge is 2.32. The Morgan fingerprint density at radius 3 is 2.45 bits per heavy atom. The van der Waals surface area contributed by atoms with Crippen LogP contribution < -0.4 is 0 Å². The molecule has 1 amide bonds. The SMILES string of the molecule is CCC(C)(C)C(=O)N1CCN(Cc2ccc(F)cc2Cl)CC1. The molecule has 0 N–H and O–H groups in total. The number of hydrogen-bond donors (Lipinski definition) is 0. The van der Waals surface area contributed by atoms with Crippen LogP contribution >= 0.6 is 11.6 Å². The van der Waals surface area contributed by atoms with Crippen molar-refractivity contribution in [1.29, 1.82) is 0 Å². The fourth-order valence-electron chi connectivity index (χ4n) is 2.58. The van der Waals surface area contributed by atoms with Gasteiger partial charge in [0, 0.05) is 43.2 Å². The van der Waals surface area contributed by atoms with Crippen LogP contribution in [0.15, 0.2) is 18.2 Å². The molecular weight excluding hydrogens is 303 g/mol. The maximum absolute atomic E-state index is 13.1. The maximum atomic E-state index is 13.1. The summed E-state index contributed by atoms with van der Waals surface area (Å²) in [7, 11) is 0. The van der Waals surface area contributed by atoms with Gasteiger partial charge in [-0.2, -0.15) is 0 Å². The van der Waals surface area contributed by atoms with E-state index in [2.05, 4.69) is 4.90 Å². The van der Waals surface area contributed by atoms with Crippen molar-refractivity contribution < 1.29 is 9.18 Å². The summed E-state index contributed by atoms with van der Waals surface area (Å²) < 4.78 is 13.1. The molecule has 122 valence electrons. The van der Waals surface area contributed by atoms with Crippen molar-refractivity contribution >= 4 is 17.5 Å². The van der Waals surface area contributed by atoms with Gasteiger partial charge in [-0.3, -0.25) is 9.69 Å². The van der Waals surface area contributed by atoms with Crippen LogP contribution in [0.2, 0.25) is 5.02 Å². The van der Waals surface area contributed by atoms with Crippen LogP contribution in [0.1, 0.15) is 32.8 Å². The molecule has 1 aromatic carbocycles. The van der Waals surface area contributed by atoms with E-state index in [1.165, 1.54) is 12.1 Å². The second-order valence-electron chi connectivity index (χ2n) is 6.54. The number of nitrogens with zero attached hydrogens (tertiary/aromatic N) is 2. The first-order valence-corrected chi connectivity index (χ1v) is 8.17. The molecule has 0 saturated carbocycles. The summed E-state index contributed by atoms with van der Waals surface area (Å²) in [6.45, 7) is 9.85. The van der Waals surface area contributed by atoms with Gasteiger partial charge in [-0.15, -0.1) is 0 Å². The number of carbonyl (C=O) groups excluding carboxylic acids is 1. The van der Waals surface area contributed by atoms with Crippen LogP contribution in [0.4, 0.5) is 4.39 Å². The number of rotatable bonds is 4. The number of halogens is 2. The van der Waals surface area contributed by atoms with E-state index in [0.717, 1.165) is 38.2 Å². The summed E-state index contributed by atoms with van der Waals surface area (Å²) in [5.74, 6) is -0.0829. The first kappa shape index (κ1) is 17.2. The van der Waals surface area contributed by atoms with E-state index in [1.807, 2.05) is 25.7 Å². The van der Waals surface area contributed by atoms with Crippen molar-refractivity contribution in [3.8, 4) is 0 Å². The number of hydrogen-bond acceptors (Lipinski definition) is 2. The van der Waals surface area contributed by atoms with Gasteiger partial charge in [-0.25, -0.2) is 4.39 Å². The van der Waals surface area contributed by atoms with Crippen molar-refractivity contribution in [1.82, 2.24) is 9.80 Å². The van der Waals surface area contributed by atoms with Crippen molar-refractivity contribution in [3.05, 3.63) is 34.6 Å². The maximum Gasteiger partial charge on any atom is 0.228 e. The van der Waals surface area contributed by atoms with Crippen LogP contribution in [0.25, 0.3) is 0 Å². The Kier molecular flexibility index (Phi) is 5.45. The zero-order chi connectivity index (χ0) is 16.3. The molecule has 1 aliphatic heterocycles. The predicted molar refractivity (Wildman–Crippen MR) is 87.3 cm³/mol. The van der Waals surface area contributed by atoms with E-state index in [9.17, 15) is 9.18 Å². The summed E-state index contributed by atoms with van der Waals surface area (Å²) in [4.78, 5) is 16.7. The zero-order valence-corrected chi connectivity index (χ0v) is 14.3. The average Bonchev–Trinajstić information content (AvgIpc) is 2.50. The van der Waals surface area contributed by atoms with E-state index in [0.29, 0.717) is 11.6 Å². The molecule has 1 saturated heterocycles. The molecule has 1 aliphatic rings. The van der Waals surface area contributed by atoms with Gasteiger partial charge in [0.2, 0.25) is 5.91 Å². The first-order valence-electron chi connectivity index (χ1n) is 7.79.